The third kappa shape index (κ3) is 4.77. The number of halogens is 2. The van der Waals surface area contributed by atoms with E-state index < -0.39 is 0 Å². The summed E-state index contributed by atoms with van der Waals surface area (Å²) in [7, 11) is 0. The molecule has 0 saturated carbocycles. The maximum absolute atomic E-state index is 12.9. The Balaban J connectivity index is 2.54. The predicted octanol–water partition coefficient (Wildman–Crippen LogP) is 4.29. The quantitative estimate of drug-likeness (QED) is 0.780. The third-order valence-electron chi connectivity index (χ3n) is 2.79. The highest BCUT2D eigenvalue weighted by Gasteiger charge is 2.13. The van der Waals surface area contributed by atoms with Crippen LogP contribution in [0.25, 0.3) is 0 Å². The Hall–Kier alpha value is -0.900. The maximum Gasteiger partial charge on any atom is 0.252 e. The Morgan fingerprint density at radius 2 is 2.17 bits per heavy atom. The van der Waals surface area contributed by atoms with Crippen molar-refractivity contribution in [3.63, 3.8) is 0 Å². The number of benzene rings is 1. The fraction of sp³-hybridized carbons (Fsp3) is 0.500. The van der Waals surface area contributed by atoms with Gasteiger partial charge in [-0.3, -0.25) is 4.79 Å². The minimum atomic E-state index is -0.352. The van der Waals surface area contributed by atoms with Crippen LogP contribution in [0.2, 0.25) is 0 Å². The van der Waals surface area contributed by atoms with Gasteiger partial charge in [-0.15, -0.1) is 0 Å². The standard InChI is InChI=1S/C14H19BrFNO/c1-3-4-5-6-10(2)17-14(18)12-8-7-11(16)9-13(12)15/h7-10H,3-6H2,1-2H3,(H,17,18). The van der Waals surface area contributed by atoms with Crippen molar-refractivity contribution < 1.29 is 9.18 Å². The zero-order valence-corrected chi connectivity index (χ0v) is 12.4. The van der Waals surface area contributed by atoms with E-state index in [1.807, 2.05) is 6.92 Å². The van der Waals surface area contributed by atoms with Crippen molar-refractivity contribution in [1.82, 2.24) is 5.32 Å². The van der Waals surface area contributed by atoms with Crippen LogP contribution in [0.1, 0.15) is 49.9 Å². The van der Waals surface area contributed by atoms with Crippen LogP contribution in [0, 0.1) is 5.82 Å². The molecule has 0 aromatic heterocycles. The predicted molar refractivity (Wildman–Crippen MR) is 75.2 cm³/mol. The number of unbranched alkanes of at least 4 members (excludes halogenated alkanes) is 2. The average Bonchev–Trinajstić information content (AvgIpc) is 2.28. The van der Waals surface area contributed by atoms with Crippen molar-refractivity contribution in [3.8, 4) is 0 Å². The molecule has 1 rings (SSSR count). The van der Waals surface area contributed by atoms with Crippen molar-refractivity contribution in [2.45, 2.75) is 45.6 Å². The lowest BCUT2D eigenvalue weighted by Crippen LogP contribution is -2.32. The van der Waals surface area contributed by atoms with Crippen LogP contribution in [0.4, 0.5) is 4.39 Å². The highest BCUT2D eigenvalue weighted by Crippen LogP contribution is 2.18. The van der Waals surface area contributed by atoms with E-state index in [1.165, 1.54) is 31.0 Å². The van der Waals surface area contributed by atoms with Crippen molar-refractivity contribution in [1.29, 1.82) is 0 Å². The molecule has 0 fully saturated rings. The Kier molecular flexibility index (Phi) is 6.33. The zero-order valence-electron chi connectivity index (χ0n) is 10.8. The summed E-state index contributed by atoms with van der Waals surface area (Å²) in [5.74, 6) is -0.514. The second-order valence-electron chi connectivity index (χ2n) is 4.49. The number of carbonyl (C=O) groups is 1. The number of rotatable bonds is 6. The lowest BCUT2D eigenvalue weighted by atomic mass is 10.1. The van der Waals surface area contributed by atoms with E-state index in [2.05, 4.69) is 28.2 Å². The van der Waals surface area contributed by atoms with Gasteiger partial charge in [0.05, 0.1) is 5.56 Å². The van der Waals surface area contributed by atoms with Crippen molar-refractivity contribution in [2.75, 3.05) is 0 Å². The van der Waals surface area contributed by atoms with Crippen LogP contribution in [0.3, 0.4) is 0 Å². The lowest BCUT2D eigenvalue weighted by molar-refractivity contribution is 0.0937. The molecule has 0 spiro atoms. The highest BCUT2D eigenvalue weighted by molar-refractivity contribution is 9.10. The molecule has 0 aliphatic heterocycles. The summed E-state index contributed by atoms with van der Waals surface area (Å²) in [4.78, 5) is 12.0. The number of carbonyl (C=O) groups excluding carboxylic acids is 1. The molecule has 18 heavy (non-hydrogen) atoms. The van der Waals surface area contributed by atoms with Crippen LogP contribution in [0.15, 0.2) is 22.7 Å². The Bertz CT molecular complexity index is 409. The summed E-state index contributed by atoms with van der Waals surface area (Å²) >= 11 is 3.20. The van der Waals surface area contributed by atoms with Gasteiger partial charge in [0.2, 0.25) is 0 Å². The Labute approximate surface area is 116 Å². The molecule has 100 valence electrons. The summed E-state index contributed by atoms with van der Waals surface area (Å²) in [5, 5.41) is 2.92. The summed E-state index contributed by atoms with van der Waals surface area (Å²) in [6, 6.07) is 4.23. The molecule has 4 heteroatoms. The first kappa shape index (κ1) is 15.2. The molecule has 1 atom stereocenters. The fourth-order valence-electron chi connectivity index (χ4n) is 1.75. The Morgan fingerprint density at radius 1 is 1.44 bits per heavy atom. The van der Waals surface area contributed by atoms with Gasteiger partial charge < -0.3 is 5.32 Å². The lowest BCUT2D eigenvalue weighted by Gasteiger charge is -2.14. The number of hydrogen-bond donors (Lipinski definition) is 1. The van der Waals surface area contributed by atoms with Gasteiger partial charge >= 0.3 is 0 Å². The minimum absolute atomic E-state index is 0.140. The zero-order chi connectivity index (χ0) is 13.5. The van der Waals surface area contributed by atoms with E-state index in [9.17, 15) is 9.18 Å². The normalized spacial score (nSPS) is 12.2. The molecule has 0 saturated heterocycles. The molecule has 1 unspecified atom stereocenters. The first-order chi connectivity index (χ1) is 8.54. The fourth-order valence-corrected chi connectivity index (χ4v) is 2.28. The van der Waals surface area contributed by atoms with Gasteiger partial charge in [0, 0.05) is 10.5 Å². The summed E-state index contributed by atoms with van der Waals surface area (Å²) < 4.78 is 13.4. The molecule has 0 aliphatic carbocycles. The van der Waals surface area contributed by atoms with Crippen LogP contribution >= 0.6 is 15.9 Å². The first-order valence-corrected chi connectivity index (χ1v) is 7.09. The number of hydrogen-bond acceptors (Lipinski definition) is 1. The van der Waals surface area contributed by atoms with Gasteiger partial charge in [0.1, 0.15) is 5.82 Å². The van der Waals surface area contributed by atoms with Crippen molar-refractivity contribution >= 4 is 21.8 Å². The second kappa shape index (κ2) is 7.52. The maximum atomic E-state index is 12.9. The number of nitrogens with one attached hydrogen (secondary N) is 1. The Morgan fingerprint density at radius 3 is 2.78 bits per heavy atom. The molecule has 0 heterocycles. The van der Waals surface area contributed by atoms with Gasteiger partial charge in [-0.25, -0.2) is 4.39 Å². The smallest absolute Gasteiger partial charge is 0.252 e. The van der Waals surface area contributed by atoms with E-state index in [0.717, 1.165) is 12.8 Å². The van der Waals surface area contributed by atoms with E-state index in [-0.39, 0.29) is 17.8 Å². The van der Waals surface area contributed by atoms with E-state index in [4.69, 9.17) is 0 Å². The second-order valence-corrected chi connectivity index (χ2v) is 5.35. The van der Waals surface area contributed by atoms with Crippen LogP contribution in [0.5, 0.6) is 0 Å². The van der Waals surface area contributed by atoms with Crippen molar-refractivity contribution in [3.05, 3.63) is 34.1 Å². The molecule has 0 aliphatic rings. The molecule has 1 N–H and O–H groups in total. The third-order valence-corrected chi connectivity index (χ3v) is 3.45. The summed E-state index contributed by atoms with van der Waals surface area (Å²) in [6.07, 6.45) is 4.44. The van der Waals surface area contributed by atoms with Gasteiger partial charge in [0.25, 0.3) is 5.91 Å². The molecule has 2 nitrogen and oxygen atoms in total. The van der Waals surface area contributed by atoms with E-state index in [1.54, 1.807) is 0 Å². The van der Waals surface area contributed by atoms with Crippen molar-refractivity contribution in [2.24, 2.45) is 0 Å². The van der Waals surface area contributed by atoms with Crippen LogP contribution in [-0.2, 0) is 0 Å². The SMILES string of the molecule is CCCCCC(C)NC(=O)c1ccc(F)cc1Br. The summed E-state index contributed by atoms with van der Waals surface area (Å²) in [5.41, 5.74) is 0.471. The first-order valence-electron chi connectivity index (χ1n) is 6.30. The van der Waals surface area contributed by atoms with Crippen LogP contribution in [-0.4, -0.2) is 11.9 Å². The molecule has 1 aromatic rings. The van der Waals surface area contributed by atoms with E-state index in [0.29, 0.717) is 10.0 Å². The average molecular weight is 316 g/mol. The monoisotopic (exact) mass is 315 g/mol. The van der Waals surface area contributed by atoms with Crippen LogP contribution < -0.4 is 5.32 Å². The van der Waals surface area contributed by atoms with Gasteiger partial charge in [-0.1, -0.05) is 26.2 Å². The molecule has 1 aromatic carbocycles. The molecular weight excluding hydrogens is 297 g/mol. The molecule has 0 bridgehead atoms. The highest BCUT2D eigenvalue weighted by atomic mass is 79.9. The largest absolute Gasteiger partial charge is 0.350 e. The van der Waals surface area contributed by atoms with Gasteiger partial charge in [-0.2, -0.15) is 0 Å². The van der Waals surface area contributed by atoms with Gasteiger partial charge in [-0.05, 0) is 47.5 Å². The van der Waals surface area contributed by atoms with E-state index >= 15 is 0 Å². The number of amides is 1. The van der Waals surface area contributed by atoms with Gasteiger partial charge in [0.15, 0.2) is 0 Å². The topological polar surface area (TPSA) is 29.1 Å². The molecule has 1 amide bonds. The minimum Gasteiger partial charge on any atom is -0.350 e. The summed E-state index contributed by atoms with van der Waals surface area (Å²) in [6.45, 7) is 4.14. The molecule has 0 radical (unpaired) electrons. The molecular formula is C14H19BrFNO.